The van der Waals surface area contributed by atoms with Crippen molar-refractivity contribution >= 4 is 17.7 Å². The Bertz CT molecular complexity index is 125. The molecule has 0 bridgehead atoms. The van der Waals surface area contributed by atoms with Crippen LogP contribution in [0, 0.1) is 0 Å². The van der Waals surface area contributed by atoms with E-state index in [1.807, 2.05) is 0 Å². The molecule has 9 heavy (non-hydrogen) atoms. The number of aliphatic carboxylic acids is 1. The first-order valence-corrected chi connectivity index (χ1v) is 3.77. The van der Waals surface area contributed by atoms with Crippen molar-refractivity contribution in [3.63, 3.8) is 0 Å². The van der Waals surface area contributed by atoms with Crippen molar-refractivity contribution in [2.45, 2.75) is 17.8 Å². The number of aliphatic hydroxyl groups excluding tert-OH is 1. The van der Waals surface area contributed by atoms with Crippen LogP contribution in [-0.4, -0.2) is 33.3 Å². The molecule has 52 valence electrons. The molecule has 2 unspecified atom stereocenters. The molecular weight excluding hydrogens is 140 g/mol. The fraction of sp³-hybridized carbons (Fsp3) is 0.800. The van der Waals surface area contributed by atoms with Crippen LogP contribution in [0.25, 0.3) is 0 Å². The summed E-state index contributed by atoms with van der Waals surface area (Å²) in [5.74, 6) is -0.242. The van der Waals surface area contributed by atoms with Crippen LogP contribution in [0.3, 0.4) is 0 Å². The molecule has 0 aromatic rings. The van der Waals surface area contributed by atoms with E-state index in [0.717, 1.165) is 0 Å². The Morgan fingerprint density at radius 1 is 1.67 bits per heavy atom. The van der Waals surface area contributed by atoms with E-state index in [0.29, 0.717) is 12.2 Å². The van der Waals surface area contributed by atoms with Crippen LogP contribution >= 0.6 is 11.8 Å². The highest BCUT2D eigenvalue weighted by atomic mass is 32.2. The van der Waals surface area contributed by atoms with Gasteiger partial charge >= 0.3 is 5.97 Å². The van der Waals surface area contributed by atoms with Crippen LogP contribution in [-0.2, 0) is 4.79 Å². The number of carboxylic acids is 1. The third-order valence-corrected chi connectivity index (χ3v) is 2.63. The van der Waals surface area contributed by atoms with Gasteiger partial charge in [0.1, 0.15) is 5.25 Å². The summed E-state index contributed by atoms with van der Waals surface area (Å²) in [5.41, 5.74) is 0. The third kappa shape index (κ3) is 1.59. The maximum atomic E-state index is 10.2. The lowest BCUT2D eigenvalue weighted by Gasteiger charge is -1.98. The lowest BCUT2D eigenvalue weighted by atomic mass is 10.2. The molecule has 0 radical (unpaired) electrons. The molecule has 0 aromatic carbocycles. The zero-order chi connectivity index (χ0) is 6.85. The topological polar surface area (TPSA) is 57.5 Å². The summed E-state index contributed by atoms with van der Waals surface area (Å²) >= 11 is 1.31. The van der Waals surface area contributed by atoms with E-state index in [1.165, 1.54) is 11.8 Å². The minimum atomic E-state index is -0.809. The fourth-order valence-electron chi connectivity index (χ4n) is 0.783. The Morgan fingerprint density at radius 2 is 2.33 bits per heavy atom. The molecule has 4 heteroatoms. The number of hydrogen-bond donors (Lipinski definition) is 2. The molecule has 1 fully saturated rings. The first-order valence-electron chi connectivity index (χ1n) is 2.72. The second kappa shape index (κ2) is 2.58. The minimum absolute atomic E-state index is 0.375. The Balaban J connectivity index is 2.39. The Hall–Kier alpha value is -0.220. The highest BCUT2D eigenvalue weighted by Gasteiger charge is 2.28. The van der Waals surface area contributed by atoms with Crippen LogP contribution in [0.1, 0.15) is 6.42 Å². The summed E-state index contributed by atoms with van der Waals surface area (Å²) in [7, 11) is 0. The van der Waals surface area contributed by atoms with Gasteiger partial charge in [0.2, 0.25) is 0 Å². The maximum absolute atomic E-state index is 10.2. The molecule has 0 saturated carbocycles. The van der Waals surface area contributed by atoms with Gasteiger partial charge in [0, 0.05) is 5.75 Å². The normalized spacial score (nSPS) is 34.8. The van der Waals surface area contributed by atoms with Crippen molar-refractivity contribution in [2.24, 2.45) is 0 Å². The van der Waals surface area contributed by atoms with Gasteiger partial charge in [-0.2, -0.15) is 0 Å². The van der Waals surface area contributed by atoms with E-state index in [1.54, 1.807) is 0 Å². The minimum Gasteiger partial charge on any atom is -0.480 e. The Labute approximate surface area is 57.1 Å². The largest absolute Gasteiger partial charge is 0.480 e. The third-order valence-electron chi connectivity index (χ3n) is 1.25. The zero-order valence-electron chi connectivity index (χ0n) is 4.78. The predicted octanol–water partition coefficient (Wildman–Crippen LogP) is -0.0626. The standard InChI is InChI=1S/C5H8O3S/c6-3-1-4(5(7)8)9-2-3/h3-4,6H,1-2H2,(H,7,8). The summed E-state index contributed by atoms with van der Waals surface area (Å²) in [6.45, 7) is 0. The van der Waals surface area contributed by atoms with E-state index < -0.39 is 12.1 Å². The van der Waals surface area contributed by atoms with E-state index in [9.17, 15) is 4.79 Å². The van der Waals surface area contributed by atoms with Crippen LogP contribution in [0.15, 0.2) is 0 Å². The van der Waals surface area contributed by atoms with Crippen LogP contribution in [0.5, 0.6) is 0 Å². The molecule has 1 heterocycles. The lowest BCUT2D eigenvalue weighted by Crippen LogP contribution is -2.14. The van der Waals surface area contributed by atoms with Gasteiger partial charge in [0.15, 0.2) is 0 Å². The van der Waals surface area contributed by atoms with Gasteiger partial charge in [0.05, 0.1) is 6.10 Å². The van der Waals surface area contributed by atoms with Gasteiger partial charge in [0.25, 0.3) is 0 Å². The summed E-state index contributed by atoms with van der Waals surface area (Å²) in [6.07, 6.45) is -0.00361. The number of rotatable bonds is 1. The van der Waals surface area contributed by atoms with E-state index >= 15 is 0 Å². The van der Waals surface area contributed by atoms with Crippen molar-refractivity contribution < 1.29 is 15.0 Å². The average molecular weight is 148 g/mol. The summed E-state index contributed by atoms with van der Waals surface area (Å²) in [6, 6.07) is 0. The first kappa shape index (κ1) is 6.89. The van der Waals surface area contributed by atoms with Crippen LogP contribution in [0.2, 0.25) is 0 Å². The molecule has 0 aromatic heterocycles. The second-order valence-corrected chi connectivity index (χ2v) is 3.29. The summed E-state index contributed by atoms with van der Waals surface area (Å²) < 4.78 is 0. The summed E-state index contributed by atoms with van der Waals surface area (Å²) in [4.78, 5) is 10.2. The van der Waals surface area contributed by atoms with Crippen LogP contribution in [0.4, 0.5) is 0 Å². The molecular formula is C5H8O3S. The monoisotopic (exact) mass is 148 g/mol. The van der Waals surface area contributed by atoms with Crippen molar-refractivity contribution in [1.29, 1.82) is 0 Å². The van der Waals surface area contributed by atoms with Crippen LogP contribution < -0.4 is 0 Å². The molecule has 0 amide bonds. The smallest absolute Gasteiger partial charge is 0.316 e. The number of aliphatic hydroxyl groups is 1. The van der Waals surface area contributed by atoms with Crippen molar-refractivity contribution in [3.05, 3.63) is 0 Å². The molecule has 1 saturated heterocycles. The number of thioether (sulfide) groups is 1. The SMILES string of the molecule is O=C(O)C1CC(O)CS1. The number of hydrogen-bond acceptors (Lipinski definition) is 3. The molecule has 2 N–H and O–H groups in total. The average Bonchev–Trinajstić information content (AvgIpc) is 2.14. The zero-order valence-corrected chi connectivity index (χ0v) is 5.60. The Morgan fingerprint density at radius 3 is 2.56 bits per heavy atom. The highest BCUT2D eigenvalue weighted by Crippen LogP contribution is 2.26. The molecule has 1 aliphatic heterocycles. The second-order valence-electron chi connectivity index (χ2n) is 2.05. The number of carbonyl (C=O) groups is 1. The maximum Gasteiger partial charge on any atom is 0.316 e. The van der Waals surface area contributed by atoms with Crippen molar-refractivity contribution in [1.82, 2.24) is 0 Å². The quantitative estimate of drug-likeness (QED) is 0.547. The number of carboxylic acid groups (broad SMARTS) is 1. The molecule has 1 rings (SSSR count). The van der Waals surface area contributed by atoms with Gasteiger partial charge in [-0.15, -0.1) is 11.8 Å². The molecule has 0 spiro atoms. The van der Waals surface area contributed by atoms with Crippen molar-refractivity contribution in [2.75, 3.05) is 5.75 Å². The van der Waals surface area contributed by atoms with E-state index in [-0.39, 0.29) is 5.25 Å². The van der Waals surface area contributed by atoms with Crippen molar-refractivity contribution in [3.8, 4) is 0 Å². The van der Waals surface area contributed by atoms with E-state index in [2.05, 4.69) is 0 Å². The van der Waals surface area contributed by atoms with Gasteiger partial charge in [-0.1, -0.05) is 0 Å². The molecule has 2 atom stereocenters. The van der Waals surface area contributed by atoms with Gasteiger partial charge in [-0.25, -0.2) is 0 Å². The first-order chi connectivity index (χ1) is 4.20. The molecule has 0 aliphatic carbocycles. The molecule has 1 aliphatic rings. The predicted molar refractivity (Wildman–Crippen MR) is 34.5 cm³/mol. The summed E-state index contributed by atoms with van der Waals surface area (Å²) in [5, 5.41) is 16.9. The van der Waals surface area contributed by atoms with Gasteiger partial charge < -0.3 is 10.2 Å². The lowest BCUT2D eigenvalue weighted by molar-refractivity contribution is -0.136. The fourth-order valence-corrected chi connectivity index (χ4v) is 1.87. The van der Waals surface area contributed by atoms with Gasteiger partial charge in [-0.05, 0) is 6.42 Å². The van der Waals surface area contributed by atoms with Gasteiger partial charge in [-0.3, -0.25) is 4.79 Å². The Kier molecular flexibility index (Phi) is 1.97. The highest BCUT2D eigenvalue weighted by molar-refractivity contribution is 8.00. The van der Waals surface area contributed by atoms with E-state index in [4.69, 9.17) is 10.2 Å². The molecule has 3 nitrogen and oxygen atoms in total.